The van der Waals surface area contributed by atoms with Gasteiger partial charge in [-0.1, -0.05) is 43.0 Å². The van der Waals surface area contributed by atoms with Crippen LogP contribution in [0.25, 0.3) is 5.57 Å². The van der Waals surface area contributed by atoms with Crippen molar-refractivity contribution in [2.24, 2.45) is 0 Å². The Morgan fingerprint density at radius 3 is 2.61 bits per heavy atom. The molecule has 0 aliphatic carbocycles. The molecule has 0 saturated carbocycles. The summed E-state index contributed by atoms with van der Waals surface area (Å²) in [5, 5.41) is 3.40. The molecule has 0 fully saturated rings. The quantitative estimate of drug-likeness (QED) is 0.788. The lowest BCUT2D eigenvalue weighted by atomic mass is 10.1. The van der Waals surface area contributed by atoms with Crippen LogP contribution in [0.4, 0.5) is 5.69 Å². The van der Waals surface area contributed by atoms with Gasteiger partial charge in [-0.15, -0.1) is 11.8 Å². The lowest BCUT2D eigenvalue weighted by Crippen LogP contribution is -2.03. The Bertz CT molecular complexity index is 520. The van der Waals surface area contributed by atoms with Gasteiger partial charge >= 0.3 is 0 Å². The summed E-state index contributed by atoms with van der Waals surface area (Å²) in [6.07, 6.45) is 2.09. The largest absolute Gasteiger partial charge is 0.381 e. The van der Waals surface area contributed by atoms with Gasteiger partial charge in [0.25, 0.3) is 0 Å². The minimum Gasteiger partial charge on any atom is -0.381 e. The molecule has 2 aromatic rings. The monoisotopic (exact) mass is 255 g/mol. The minimum absolute atomic E-state index is 0.766. The van der Waals surface area contributed by atoms with E-state index in [1.54, 1.807) is 11.8 Å². The van der Waals surface area contributed by atoms with Gasteiger partial charge in [0.15, 0.2) is 0 Å². The van der Waals surface area contributed by atoms with E-state index in [2.05, 4.69) is 54.5 Å². The second kappa shape index (κ2) is 6.31. The molecule has 0 radical (unpaired) electrons. The third-order valence-electron chi connectivity index (χ3n) is 2.76. The van der Waals surface area contributed by atoms with Gasteiger partial charge in [-0.3, -0.25) is 0 Å². The van der Waals surface area contributed by atoms with Gasteiger partial charge in [0.05, 0.1) is 0 Å². The van der Waals surface area contributed by atoms with Crippen LogP contribution >= 0.6 is 11.8 Å². The summed E-state index contributed by atoms with van der Waals surface area (Å²) in [6, 6.07) is 18.7. The highest BCUT2D eigenvalue weighted by molar-refractivity contribution is 7.98. The number of benzene rings is 2. The number of anilines is 1. The normalized spacial score (nSPS) is 10.1. The molecule has 0 unspecified atom stereocenters. The zero-order valence-corrected chi connectivity index (χ0v) is 11.3. The van der Waals surface area contributed by atoms with Crippen LogP contribution in [0.15, 0.2) is 66.1 Å². The lowest BCUT2D eigenvalue weighted by Gasteiger charge is -2.10. The number of rotatable bonds is 5. The number of nitrogens with one attached hydrogen (secondary N) is 1. The molecular formula is C16H17NS. The molecule has 0 saturated heterocycles. The number of hydrogen-bond acceptors (Lipinski definition) is 2. The highest BCUT2D eigenvalue weighted by Crippen LogP contribution is 2.20. The van der Waals surface area contributed by atoms with Crippen molar-refractivity contribution >= 4 is 23.0 Å². The average molecular weight is 255 g/mol. The highest BCUT2D eigenvalue weighted by Gasteiger charge is 1.99. The Hall–Kier alpha value is -1.67. The van der Waals surface area contributed by atoms with Gasteiger partial charge in [0, 0.05) is 17.1 Å². The highest BCUT2D eigenvalue weighted by atomic mass is 32.2. The van der Waals surface area contributed by atoms with Crippen molar-refractivity contribution in [3.05, 3.63) is 66.7 Å². The lowest BCUT2D eigenvalue weighted by molar-refractivity contribution is 1.32. The van der Waals surface area contributed by atoms with Crippen molar-refractivity contribution in [1.82, 2.24) is 0 Å². The zero-order chi connectivity index (χ0) is 12.8. The van der Waals surface area contributed by atoms with Crippen LogP contribution in [0, 0.1) is 0 Å². The summed E-state index contributed by atoms with van der Waals surface area (Å²) in [7, 11) is 0. The topological polar surface area (TPSA) is 12.0 Å². The Kier molecular flexibility index (Phi) is 4.48. The molecule has 0 aromatic heterocycles. The molecule has 1 N–H and O–H groups in total. The Morgan fingerprint density at radius 1 is 1.11 bits per heavy atom. The zero-order valence-electron chi connectivity index (χ0n) is 10.5. The fourth-order valence-corrected chi connectivity index (χ4v) is 2.18. The van der Waals surface area contributed by atoms with E-state index in [1.165, 1.54) is 10.5 Å². The standard InChI is InChI=1S/C16H17NS/c1-13(14-7-4-3-5-8-14)12-17-15-9-6-10-16(11-15)18-2/h3-11,17H,1,12H2,2H3. The molecular weight excluding hydrogens is 238 g/mol. The van der Waals surface area contributed by atoms with E-state index >= 15 is 0 Å². The van der Waals surface area contributed by atoms with Gasteiger partial charge in [-0.25, -0.2) is 0 Å². The van der Waals surface area contributed by atoms with Crippen LogP contribution in [0.1, 0.15) is 5.56 Å². The van der Waals surface area contributed by atoms with Gasteiger partial charge in [0.1, 0.15) is 0 Å². The van der Waals surface area contributed by atoms with E-state index in [-0.39, 0.29) is 0 Å². The van der Waals surface area contributed by atoms with Crippen molar-refractivity contribution in [3.8, 4) is 0 Å². The molecule has 2 rings (SSSR count). The molecule has 0 atom stereocenters. The SMILES string of the molecule is C=C(CNc1cccc(SC)c1)c1ccccc1. The number of hydrogen-bond donors (Lipinski definition) is 1. The van der Waals surface area contributed by atoms with E-state index < -0.39 is 0 Å². The van der Waals surface area contributed by atoms with E-state index in [0.29, 0.717) is 0 Å². The van der Waals surface area contributed by atoms with Crippen molar-refractivity contribution in [3.63, 3.8) is 0 Å². The first kappa shape index (κ1) is 12.8. The molecule has 0 aliphatic rings. The molecule has 92 valence electrons. The average Bonchev–Trinajstić information content (AvgIpc) is 2.46. The molecule has 2 heteroatoms. The van der Waals surface area contributed by atoms with Crippen LogP contribution < -0.4 is 5.32 Å². The summed E-state index contributed by atoms with van der Waals surface area (Å²) in [5.41, 5.74) is 3.43. The minimum atomic E-state index is 0.766. The first-order valence-corrected chi connectivity index (χ1v) is 7.13. The van der Waals surface area contributed by atoms with Crippen LogP contribution in [-0.2, 0) is 0 Å². The van der Waals surface area contributed by atoms with Crippen molar-refractivity contribution in [2.75, 3.05) is 18.1 Å². The molecule has 0 heterocycles. The summed E-state index contributed by atoms with van der Waals surface area (Å²) in [5.74, 6) is 0. The second-order valence-electron chi connectivity index (χ2n) is 4.06. The maximum Gasteiger partial charge on any atom is 0.0400 e. The predicted octanol–water partition coefficient (Wildman–Crippen LogP) is 4.53. The molecule has 18 heavy (non-hydrogen) atoms. The van der Waals surface area contributed by atoms with Gasteiger partial charge < -0.3 is 5.32 Å². The van der Waals surface area contributed by atoms with Crippen molar-refractivity contribution in [1.29, 1.82) is 0 Å². The predicted molar refractivity (Wildman–Crippen MR) is 82.2 cm³/mol. The van der Waals surface area contributed by atoms with E-state index in [0.717, 1.165) is 17.8 Å². The van der Waals surface area contributed by atoms with Crippen LogP contribution in [0.3, 0.4) is 0 Å². The van der Waals surface area contributed by atoms with Gasteiger partial charge in [-0.2, -0.15) is 0 Å². The molecule has 0 spiro atoms. The number of thioether (sulfide) groups is 1. The maximum absolute atomic E-state index is 4.11. The smallest absolute Gasteiger partial charge is 0.0400 e. The summed E-state index contributed by atoms with van der Waals surface area (Å²) in [4.78, 5) is 1.27. The van der Waals surface area contributed by atoms with Crippen molar-refractivity contribution in [2.45, 2.75) is 4.90 Å². The first-order chi connectivity index (χ1) is 8.79. The van der Waals surface area contributed by atoms with Crippen molar-refractivity contribution < 1.29 is 0 Å². The van der Waals surface area contributed by atoms with Gasteiger partial charge in [-0.05, 0) is 35.6 Å². The fraction of sp³-hybridized carbons (Fsp3) is 0.125. The maximum atomic E-state index is 4.11. The van der Waals surface area contributed by atoms with E-state index in [4.69, 9.17) is 0 Å². The second-order valence-corrected chi connectivity index (χ2v) is 4.93. The summed E-state index contributed by atoms with van der Waals surface area (Å²) < 4.78 is 0. The summed E-state index contributed by atoms with van der Waals surface area (Å²) >= 11 is 1.75. The van der Waals surface area contributed by atoms with Gasteiger partial charge in [0.2, 0.25) is 0 Å². The summed E-state index contributed by atoms with van der Waals surface area (Å²) in [6.45, 7) is 4.88. The Balaban J connectivity index is 1.97. The molecule has 0 bridgehead atoms. The third kappa shape index (κ3) is 3.41. The molecule has 2 aromatic carbocycles. The first-order valence-electron chi connectivity index (χ1n) is 5.91. The van der Waals surface area contributed by atoms with Crippen LogP contribution in [-0.4, -0.2) is 12.8 Å². The molecule has 1 nitrogen and oxygen atoms in total. The Morgan fingerprint density at radius 2 is 1.89 bits per heavy atom. The molecule has 0 aliphatic heterocycles. The van der Waals surface area contributed by atoms with Crippen LogP contribution in [0.2, 0.25) is 0 Å². The Labute approximate surface area is 113 Å². The van der Waals surface area contributed by atoms with Crippen LogP contribution in [0.5, 0.6) is 0 Å². The third-order valence-corrected chi connectivity index (χ3v) is 3.48. The van der Waals surface area contributed by atoms with E-state index in [9.17, 15) is 0 Å². The van der Waals surface area contributed by atoms with E-state index in [1.807, 2.05) is 18.2 Å². The molecule has 0 amide bonds. The fourth-order valence-electron chi connectivity index (χ4n) is 1.72.